The third-order valence-corrected chi connectivity index (χ3v) is 3.63. The summed E-state index contributed by atoms with van der Waals surface area (Å²) in [7, 11) is 1.63. The third kappa shape index (κ3) is 3.98. The molecule has 108 valence electrons. The van der Waals surface area contributed by atoms with Gasteiger partial charge in [0.1, 0.15) is 5.75 Å². The van der Waals surface area contributed by atoms with Crippen LogP contribution in [0.25, 0.3) is 0 Å². The molecule has 21 heavy (non-hydrogen) atoms. The fraction of sp³-hybridized carbons (Fsp3) is 0.235. The maximum Gasteiger partial charge on any atom is 0.123 e. The quantitative estimate of drug-likeness (QED) is 0.905. The lowest BCUT2D eigenvalue weighted by Gasteiger charge is -2.16. The maximum atomic E-state index is 8.98. The minimum absolute atomic E-state index is 0.178. The zero-order chi connectivity index (χ0) is 15.2. The Balaban J connectivity index is 2.08. The molecule has 1 atom stereocenters. The summed E-state index contributed by atoms with van der Waals surface area (Å²) in [6.45, 7) is 2.71. The van der Waals surface area contributed by atoms with Gasteiger partial charge in [0.25, 0.3) is 0 Å². The summed E-state index contributed by atoms with van der Waals surface area (Å²) in [5, 5.41) is 13.1. The molecule has 0 radical (unpaired) electrons. The van der Waals surface area contributed by atoms with Gasteiger partial charge in [0.2, 0.25) is 0 Å². The average molecular weight is 301 g/mol. The van der Waals surface area contributed by atoms with Crippen molar-refractivity contribution in [3.05, 3.63) is 64.2 Å². The topological polar surface area (TPSA) is 45.0 Å². The molecule has 0 spiro atoms. The van der Waals surface area contributed by atoms with Crippen LogP contribution in [0.2, 0.25) is 5.02 Å². The molecule has 0 fully saturated rings. The van der Waals surface area contributed by atoms with Crippen molar-refractivity contribution >= 4 is 11.6 Å². The van der Waals surface area contributed by atoms with Crippen molar-refractivity contribution in [2.24, 2.45) is 0 Å². The van der Waals surface area contributed by atoms with Crippen LogP contribution in [0, 0.1) is 11.3 Å². The molecule has 0 aliphatic carbocycles. The van der Waals surface area contributed by atoms with Crippen molar-refractivity contribution in [1.29, 1.82) is 5.26 Å². The monoisotopic (exact) mass is 300 g/mol. The Hall–Kier alpha value is -2.02. The Morgan fingerprint density at radius 2 is 1.95 bits per heavy atom. The number of halogens is 1. The predicted molar refractivity (Wildman–Crippen MR) is 84.4 cm³/mol. The molecule has 0 unspecified atom stereocenters. The van der Waals surface area contributed by atoms with E-state index >= 15 is 0 Å². The first-order chi connectivity index (χ1) is 10.1. The van der Waals surface area contributed by atoms with Gasteiger partial charge < -0.3 is 10.1 Å². The fourth-order valence-corrected chi connectivity index (χ4v) is 2.24. The minimum atomic E-state index is 0.178. The lowest BCUT2D eigenvalue weighted by molar-refractivity contribution is 0.406. The molecular formula is C17H17ClN2O. The van der Waals surface area contributed by atoms with Crippen LogP contribution < -0.4 is 10.1 Å². The van der Waals surface area contributed by atoms with Gasteiger partial charge in [-0.05, 0) is 42.8 Å². The van der Waals surface area contributed by atoms with E-state index in [1.165, 1.54) is 0 Å². The van der Waals surface area contributed by atoms with Gasteiger partial charge in [-0.25, -0.2) is 0 Å². The van der Waals surface area contributed by atoms with E-state index in [2.05, 4.69) is 18.3 Å². The molecule has 0 aromatic heterocycles. The number of methoxy groups -OCH3 is 1. The molecule has 2 rings (SSSR count). The van der Waals surface area contributed by atoms with Gasteiger partial charge in [-0.1, -0.05) is 23.7 Å². The first-order valence-corrected chi connectivity index (χ1v) is 7.07. The van der Waals surface area contributed by atoms with Crippen molar-refractivity contribution in [1.82, 2.24) is 5.32 Å². The van der Waals surface area contributed by atoms with Crippen LogP contribution in [0.5, 0.6) is 5.75 Å². The van der Waals surface area contributed by atoms with Crippen molar-refractivity contribution in [2.45, 2.75) is 19.5 Å². The summed E-state index contributed by atoms with van der Waals surface area (Å²) in [6, 6.07) is 15.5. The molecule has 0 heterocycles. The van der Waals surface area contributed by atoms with E-state index in [1.807, 2.05) is 36.4 Å². The van der Waals surface area contributed by atoms with Gasteiger partial charge in [0.15, 0.2) is 0 Å². The number of ether oxygens (including phenoxy) is 1. The lowest BCUT2D eigenvalue weighted by Crippen LogP contribution is -2.18. The van der Waals surface area contributed by atoms with Gasteiger partial charge in [0.05, 0.1) is 18.7 Å². The van der Waals surface area contributed by atoms with Gasteiger partial charge >= 0.3 is 0 Å². The smallest absolute Gasteiger partial charge is 0.123 e. The minimum Gasteiger partial charge on any atom is -0.496 e. The van der Waals surface area contributed by atoms with Crippen molar-refractivity contribution in [3.8, 4) is 11.8 Å². The summed E-state index contributed by atoms with van der Waals surface area (Å²) in [5.41, 5.74) is 2.76. The predicted octanol–water partition coefficient (Wildman–Crippen LogP) is 4.07. The second-order valence-electron chi connectivity index (χ2n) is 4.79. The van der Waals surface area contributed by atoms with E-state index < -0.39 is 0 Å². The van der Waals surface area contributed by atoms with Crippen LogP contribution in [0.1, 0.15) is 29.7 Å². The zero-order valence-corrected chi connectivity index (χ0v) is 12.8. The number of nitrogens with zero attached hydrogens (tertiary/aromatic N) is 1. The number of hydrogen-bond donors (Lipinski definition) is 1. The van der Waals surface area contributed by atoms with Crippen LogP contribution in [0.15, 0.2) is 42.5 Å². The highest BCUT2D eigenvalue weighted by molar-refractivity contribution is 6.30. The molecule has 2 aromatic carbocycles. The summed E-state index contributed by atoms with van der Waals surface area (Å²) >= 11 is 5.89. The lowest BCUT2D eigenvalue weighted by atomic mass is 10.1. The number of hydrogen-bond acceptors (Lipinski definition) is 3. The number of nitrogens with one attached hydrogen (secondary N) is 1. The molecule has 2 aromatic rings. The summed E-state index contributed by atoms with van der Waals surface area (Å²) in [6.07, 6.45) is 0. The van der Waals surface area contributed by atoms with E-state index in [0.29, 0.717) is 12.1 Å². The highest BCUT2D eigenvalue weighted by Crippen LogP contribution is 2.21. The van der Waals surface area contributed by atoms with Crippen LogP contribution in [-0.4, -0.2) is 7.11 Å². The molecule has 0 saturated carbocycles. The van der Waals surface area contributed by atoms with Gasteiger partial charge in [-0.15, -0.1) is 0 Å². The first-order valence-electron chi connectivity index (χ1n) is 6.70. The van der Waals surface area contributed by atoms with Crippen LogP contribution in [0.3, 0.4) is 0 Å². The summed E-state index contributed by atoms with van der Waals surface area (Å²) < 4.78 is 5.33. The molecule has 0 saturated heterocycles. The second-order valence-corrected chi connectivity index (χ2v) is 5.23. The third-order valence-electron chi connectivity index (χ3n) is 3.38. The van der Waals surface area contributed by atoms with Gasteiger partial charge in [-0.3, -0.25) is 0 Å². The average Bonchev–Trinajstić information content (AvgIpc) is 2.52. The van der Waals surface area contributed by atoms with Crippen LogP contribution in [-0.2, 0) is 6.54 Å². The largest absolute Gasteiger partial charge is 0.496 e. The molecule has 0 bridgehead atoms. The van der Waals surface area contributed by atoms with E-state index in [9.17, 15) is 0 Å². The van der Waals surface area contributed by atoms with Crippen LogP contribution >= 0.6 is 11.6 Å². The van der Waals surface area contributed by atoms with E-state index in [1.54, 1.807) is 13.2 Å². The van der Waals surface area contributed by atoms with Crippen molar-refractivity contribution in [2.75, 3.05) is 7.11 Å². The highest BCUT2D eigenvalue weighted by atomic mass is 35.5. The Morgan fingerprint density at radius 3 is 2.57 bits per heavy atom. The van der Waals surface area contributed by atoms with E-state index in [4.69, 9.17) is 21.6 Å². The van der Waals surface area contributed by atoms with E-state index in [0.717, 1.165) is 21.9 Å². The molecule has 0 aliphatic rings. The number of rotatable bonds is 5. The van der Waals surface area contributed by atoms with Crippen LogP contribution in [0.4, 0.5) is 0 Å². The molecule has 1 N–H and O–H groups in total. The zero-order valence-electron chi connectivity index (χ0n) is 12.1. The van der Waals surface area contributed by atoms with Crippen molar-refractivity contribution in [3.63, 3.8) is 0 Å². The Labute approximate surface area is 130 Å². The van der Waals surface area contributed by atoms with Crippen molar-refractivity contribution < 1.29 is 4.74 Å². The molecule has 4 heteroatoms. The maximum absolute atomic E-state index is 8.98. The summed E-state index contributed by atoms with van der Waals surface area (Å²) in [5.74, 6) is 0.782. The normalized spacial score (nSPS) is 11.7. The second kappa shape index (κ2) is 7.12. The molecule has 3 nitrogen and oxygen atoms in total. The number of benzene rings is 2. The highest BCUT2D eigenvalue weighted by Gasteiger charge is 2.08. The fourth-order valence-electron chi connectivity index (χ4n) is 2.12. The van der Waals surface area contributed by atoms with Gasteiger partial charge in [-0.2, -0.15) is 5.26 Å². The Kier molecular flexibility index (Phi) is 5.21. The first kappa shape index (κ1) is 15.4. The SMILES string of the molecule is COc1ccc(C#N)cc1CN[C@@H](C)c1ccc(Cl)cc1. The Bertz CT molecular complexity index is 647. The van der Waals surface area contributed by atoms with E-state index in [-0.39, 0.29) is 6.04 Å². The molecular weight excluding hydrogens is 284 g/mol. The standard InChI is InChI=1S/C17H17ClN2O/c1-12(14-4-6-16(18)7-5-14)20-11-15-9-13(10-19)3-8-17(15)21-2/h3-9,12,20H,11H2,1-2H3/t12-/m0/s1. The number of nitriles is 1. The molecule has 0 amide bonds. The Morgan fingerprint density at radius 1 is 1.24 bits per heavy atom. The summed E-state index contributed by atoms with van der Waals surface area (Å²) in [4.78, 5) is 0. The van der Waals surface area contributed by atoms with Gasteiger partial charge in [0, 0.05) is 23.2 Å². The molecule has 0 aliphatic heterocycles.